The molecule has 15 heavy (non-hydrogen) atoms. The molecule has 0 saturated heterocycles. The summed E-state index contributed by atoms with van der Waals surface area (Å²) in [5.74, 6) is 0.704. The molecular formula is C10H12N4O. The molecule has 0 aliphatic carbocycles. The molecule has 0 radical (unpaired) electrons. The van der Waals surface area contributed by atoms with E-state index in [1.165, 1.54) is 0 Å². The molecule has 1 unspecified atom stereocenters. The van der Waals surface area contributed by atoms with E-state index in [2.05, 4.69) is 15.3 Å². The Kier molecular flexibility index (Phi) is 2.29. The van der Waals surface area contributed by atoms with E-state index in [0.29, 0.717) is 5.82 Å². The number of carbonyl (C=O) groups excluding carboxylic acids is 1. The topological polar surface area (TPSA) is 83.8 Å². The van der Waals surface area contributed by atoms with Crippen molar-refractivity contribution in [3.8, 4) is 0 Å². The van der Waals surface area contributed by atoms with Crippen LogP contribution in [0.5, 0.6) is 0 Å². The SMILES string of the molecule is CC(NC(N)=O)c1nc2ccccc2[nH]1. The molecule has 1 atom stereocenters. The van der Waals surface area contributed by atoms with E-state index in [1.807, 2.05) is 31.2 Å². The van der Waals surface area contributed by atoms with Gasteiger partial charge in [0.25, 0.3) is 0 Å². The van der Waals surface area contributed by atoms with Gasteiger partial charge in [0.05, 0.1) is 17.1 Å². The van der Waals surface area contributed by atoms with Crippen LogP contribution < -0.4 is 11.1 Å². The van der Waals surface area contributed by atoms with E-state index in [1.54, 1.807) is 0 Å². The van der Waals surface area contributed by atoms with Crippen LogP contribution in [0.25, 0.3) is 11.0 Å². The number of urea groups is 1. The molecule has 0 aliphatic rings. The summed E-state index contributed by atoms with van der Waals surface area (Å²) in [7, 11) is 0. The highest BCUT2D eigenvalue weighted by Gasteiger charge is 2.11. The average Bonchev–Trinajstić information content (AvgIpc) is 2.59. The van der Waals surface area contributed by atoms with Gasteiger partial charge in [0.2, 0.25) is 0 Å². The number of para-hydroxylation sites is 2. The van der Waals surface area contributed by atoms with E-state index in [0.717, 1.165) is 11.0 Å². The maximum absolute atomic E-state index is 10.7. The number of nitrogens with two attached hydrogens (primary N) is 1. The van der Waals surface area contributed by atoms with Crippen LogP contribution in [0, 0.1) is 0 Å². The standard InChI is InChI=1S/C10H12N4O/c1-6(12-10(11)15)9-13-7-4-2-3-5-8(7)14-9/h2-6H,1H3,(H,13,14)(H3,11,12,15). The minimum atomic E-state index is -0.553. The Bertz CT molecular complexity index is 458. The van der Waals surface area contributed by atoms with E-state index in [9.17, 15) is 4.79 Å². The predicted molar refractivity (Wildman–Crippen MR) is 57.2 cm³/mol. The van der Waals surface area contributed by atoms with Gasteiger partial charge >= 0.3 is 6.03 Å². The zero-order valence-corrected chi connectivity index (χ0v) is 8.32. The molecule has 0 saturated carbocycles. The third-order valence-corrected chi connectivity index (χ3v) is 2.18. The van der Waals surface area contributed by atoms with E-state index in [4.69, 9.17) is 5.73 Å². The van der Waals surface area contributed by atoms with Crippen LogP contribution in [0.1, 0.15) is 18.8 Å². The van der Waals surface area contributed by atoms with Crippen molar-refractivity contribution in [3.05, 3.63) is 30.1 Å². The molecule has 5 heteroatoms. The largest absolute Gasteiger partial charge is 0.352 e. The van der Waals surface area contributed by atoms with Gasteiger partial charge in [-0.3, -0.25) is 0 Å². The third kappa shape index (κ3) is 1.90. The summed E-state index contributed by atoms with van der Waals surface area (Å²) in [5, 5.41) is 2.57. The summed E-state index contributed by atoms with van der Waals surface area (Å²) < 4.78 is 0. The van der Waals surface area contributed by atoms with Crippen molar-refractivity contribution >= 4 is 17.1 Å². The van der Waals surface area contributed by atoms with Gasteiger partial charge in [-0.05, 0) is 19.1 Å². The molecule has 0 spiro atoms. The molecule has 1 aromatic carbocycles. The number of H-pyrrole nitrogens is 1. The molecule has 0 aliphatic heterocycles. The Morgan fingerprint density at radius 2 is 2.27 bits per heavy atom. The van der Waals surface area contributed by atoms with Crippen molar-refractivity contribution in [2.45, 2.75) is 13.0 Å². The summed E-state index contributed by atoms with van der Waals surface area (Å²) in [6.45, 7) is 1.82. The van der Waals surface area contributed by atoms with Crippen LogP contribution in [-0.4, -0.2) is 16.0 Å². The van der Waals surface area contributed by atoms with Crippen molar-refractivity contribution in [1.82, 2.24) is 15.3 Å². The Balaban J connectivity index is 2.32. The molecule has 2 rings (SSSR count). The summed E-state index contributed by atoms with van der Waals surface area (Å²) in [6, 6.07) is 6.92. The molecule has 1 heterocycles. The second-order valence-corrected chi connectivity index (χ2v) is 3.37. The number of nitrogens with one attached hydrogen (secondary N) is 2. The van der Waals surface area contributed by atoms with Gasteiger partial charge in [-0.25, -0.2) is 9.78 Å². The summed E-state index contributed by atoms with van der Waals surface area (Å²) >= 11 is 0. The molecule has 4 N–H and O–H groups in total. The molecule has 2 aromatic rings. The molecular weight excluding hydrogens is 192 g/mol. The fourth-order valence-corrected chi connectivity index (χ4v) is 1.46. The zero-order chi connectivity index (χ0) is 10.8. The Morgan fingerprint density at radius 1 is 1.53 bits per heavy atom. The molecule has 0 fully saturated rings. The lowest BCUT2D eigenvalue weighted by Gasteiger charge is -2.07. The first-order chi connectivity index (χ1) is 7.16. The van der Waals surface area contributed by atoms with Crippen LogP contribution in [0.3, 0.4) is 0 Å². The monoisotopic (exact) mass is 204 g/mol. The lowest BCUT2D eigenvalue weighted by atomic mass is 10.3. The number of benzene rings is 1. The highest BCUT2D eigenvalue weighted by atomic mass is 16.2. The number of imidazole rings is 1. The van der Waals surface area contributed by atoms with Gasteiger partial charge in [0, 0.05) is 0 Å². The number of aromatic nitrogens is 2. The number of amides is 2. The van der Waals surface area contributed by atoms with Gasteiger partial charge in [0.15, 0.2) is 0 Å². The number of rotatable bonds is 2. The van der Waals surface area contributed by atoms with Crippen molar-refractivity contribution < 1.29 is 4.79 Å². The third-order valence-electron chi connectivity index (χ3n) is 2.18. The quantitative estimate of drug-likeness (QED) is 0.688. The number of hydrogen-bond donors (Lipinski definition) is 3. The minimum Gasteiger partial charge on any atom is -0.352 e. The lowest BCUT2D eigenvalue weighted by molar-refractivity contribution is 0.245. The van der Waals surface area contributed by atoms with Crippen LogP contribution in [0.2, 0.25) is 0 Å². The maximum Gasteiger partial charge on any atom is 0.312 e. The van der Waals surface area contributed by atoms with Crippen molar-refractivity contribution in [3.63, 3.8) is 0 Å². The summed E-state index contributed by atoms with van der Waals surface area (Å²) in [5.41, 5.74) is 6.86. The highest BCUT2D eigenvalue weighted by Crippen LogP contribution is 2.14. The molecule has 0 bridgehead atoms. The summed E-state index contributed by atoms with van der Waals surface area (Å²) in [6.07, 6.45) is 0. The highest BCUT2D eigenvalue weighted by molar-refractivity contribution is 5.75. The maximum atomic E-state index is 10.7. The molecule has 2 amide bonds. The normalized spacial score (nSPS) is 12.6. The smallest absolute Gasteiger partial charge is 0.312 e. The molecule has 1 aromatic heterocycles. The van der Waals surface area contributed by atoms with Crippen LogP contribution >= 0.6 is 0 Å². The first-order valence-corrected chi connectivity index (χ1v) is 4.67. The van der Waals surface area contributed by atoms with E-state index in [-0.39, 0.29) is 6.04 Å². The number of carbonyl (C=O) groups is 1. The number of nitrogens with zero attached hydrogens (tertiary/aromatic N) is 1. The van der Waals surface area contributed by atoms with E-state index >= 15 is 0 Å². The second kappa shape index (κ2) is 3.61. The van der Waals surface area contributed by atoms with Crippen LogP contribution in [0.4, 0.5) is 4.79 Å². The van der Waals surface area contributed by atoms with E-state index < -0.39 is 6.03 Å². The Morgan fingerprint density at radius 3 is 2.93 bits per heavy atom. The minimum absolute atomic E-state index is 0.213. The number of aromatic amines is 1. The average molecular weight is 204 g/mol. The lowest BCUT2D eigenvalue weighted by Crippen LogP contribution is -2.32. The molecule has 78 valence electrons. The Labute approximate surface area is 86.7 Å². The van der Waals surface area contributed by atoms with Crippen molar-refractivity contribution in [2.24, 2.45) is 5.73 Å². The zero-order valence-electron chi connectivity index (χ0n) is 8.32. The predicted octanol–water partition coefficient (Wildman–Crippen LogP) is 1.29. The first kappa shape index (κ1) is 9.51. The fraction of sp³-hybridized carbons (Fsp3) is 0.200. The van der Waals surface area contributed by atoms with Crippen LogP contribution in [0.15, 0.2) is 24.3 Å². The Hall–Kier alpha value is -2.04. The van der Waals surface area contributed by atoms with Crippen LogP contribution in [-0.2, 0) is 0 Å². The van der Waals surface area contributed by atoms with Gasteiger partial charge in [0.1, 0.15) is 5.82 Å². The fourth-order valence-electron chi connectivity index (χ4n) is 1.46. The van der Waals surface area contributed by atoms with Crippen molar-refractivity contribution in [1.29, 1.82) is 0 Å². The summed E-state index contributed by atoms with van der Waals surface area (Å²) in [4.78, 5) is 18.1. The first-order valence-electron chi connectivity index (χ1n) is 4.67. The number of hydrogen-bond acceptors (Lipinski definition) is 2. The number of primary amides is 1. The van der Waals surface area contributed by atoms with Gasteiger partial charge in [-0.2, -0.15) is 0 Å². The second-order valence-electron chi connectivity index (χ2n) is 3.37. The van der Waals surface area contributed by atoms with Gasteiger partial charge < -0.3 is 16.0 Å². The van der Waals surface area contributed by atoms with Gasteiger partial charge in [-0.15, -0.1) is 0 Å². The molecule has 5 nitrogen and oxygen atoms in total. The van der Waals surface area contributed by atoms with Gasteiger partial charge in [-0.1, -0.05) is 12.1 Å². The van der Waals surface area contributed by atoms with Crippen molar-refractivity contribution in [2.75, 3.05) is 0 Å². The number of fused-ring (bicyclic) bond motifs is 1.